The molecule has 0 spiro atoms. The smallest absolute Gasteiger partial charge is 0.329 e. The first-order valence-electron chi connectivity index (χ1n) is 8.27. The number of halogens is 1. The van der Waals surface area contributed by atoms with Gasteiger partial charge in [-0.25, -0.2) is 4.79 Å². The summed E-state index contributed by atoms with van der Waals surface area (Å²) in [6.07, 6.45) is 3.38. The predicted molar refractivity (Wildman–Crippen MR) is 88.0 cm³/mol. The second kappa shape index (κ2) is 6.93. The van der Waals surface area contributed by atoms with Gasteiger partial charge in [-0.2, -0.15) is 0 Å². The van der Waals surface area contributed by atoms with Crippen molar-refractivity contribution in [2.75, 3.05) is 0 Å². The number of hydrogen-bond acceptors (Lipinski definition) is 4. The summed E-state index contributed by atoms with van der Waals surface area (Å²) in [6.45, 7) is 1.61. The topological polar surface area (TPSA) is 63.7 Å². The van der Waals surface area contributed by atoms with Crippen LogP contribution in [0.25, 0.3) is 0 Å². The number of hydrogen-bond donors (Lipinski definition) is 0. The van der Waals surface area contributed by atoms with E-state index in [1.165, 1.54) is 0 Å². The van der Waals surface area contributed by atoms with E-state index in [1.807, 2.05) is 0 Å². The molecule has 128 valence electrons. The molecule has 3 atom stereocenters. The summed E-state index contributed by atoms with van der Waals surface area (Å²) in [5, 5.41) is 0.561. The molecule has 1 aliphatic carbocycles. The van der Waals surface area contributed by atoms with Crippen molar-refractivity contribution in [2.24, 2.45) is 11.8 Å². The fourth-order valence-electron chi connectivity index (χ4n) is 3.58. The SMILES string of the molecule is C[C@@H](C(=O)OCc1cccc(Cl)c1)N1C(=O)C2CCCCC2C1=O. The summed E-state index contributed by atoms with van der Waals surface area (Å²) in [7, 11) is 0. The fourth-order valence-corrected chi connectivity index (χ4v) is 3.79. The molecule has 6 heteroatoms. The van der Waals surface area contributed by atoms with Crippen LogP contribution >= 0.6 is 11.6 Å². The van der Waals surface area contributed by atoms with Gasteiger partial charge in [0.15, 0.2) is 0 Å². The highest BCUT2D eigenvalue weighted by atomic mass is 35.5. The number of esters is 1. The van der Waals surface area contributed by atoms with Crippen LogP contribution in [0.5, 0.6) is 0 Å². The summed E-state index contributed by atoms with van der Waals surface area (Å²) in [4.78, 5) is 38.4. The van der Waals surface area contributed by atoms with Crippen LogP contribution in [0.2, 0.25) is 5.02 Å². The molecule has 0 N–H and O–H groups in total. The Morgan fingerprint density at radius 3 is 2.46 bits per heavy atom. The molecular weight excluding hydrogens is 330 g/mol. The maximum absolute atomic E-state index is 12.5. The lowest BCUT2D eigenvalue weighted by molar-refractivity contribution is -0.159. The first kappa shape index (κ1) is 17.0. The summed E-state index contributed by atoms with van der Waals surface area (Å²) >= 11 is 5.90. The highest BCUT2D eigenvalue weighted by molar-refractivity contribution is 6.30. The summed E-state index contributed by atoms with van der Waals surface area (Å²) in [5.74, 6) is -1.53. The lowest BCUT2D eigenvalue weighted by atomic mass is 9.81. The Morgan fingerprint density at radius 1 is 1.25 bits per heavy atom. The Kier molecular flexibility index (Phi) is 4.90. The molecule has 2 fully saturated rings. The standard InChI is InChI=1S/C18H20ClNO4/c1-11(18(23)24-10-12-5-4-6-13(19)9-12)20-16(21)14-7-2-3-8-15(14)17(20)22/h4-6,9,11,14-15H,2-3,7-8,10H2,1H3/t11-,14?,15?/m0/s1. The Labute approximate surface area is 145 Å². The third-order valence-electron chi connectivity index (χ3n) is 4.87. The van der Waals surface area contributed by atoms with Crippen LogP contribution in [0, 0.1) is 11.8 Å². The summed E-state index contributed by atoms with van der Waals surface area (Å²) in [5.41, 5.74) is 0.760. The second-order valence-corrected chi connectivity index (χ2v) is 6.89. The van der Waals surface area contributed by atoms with Gasteiger partial charge in [-0.1, -0.05) is 36.6 Å². The Balaban J connectivity index is 1.65. The van der Waals surface area contributed by atoms with Crippen LogP contribution in [0.1, 0.15) is 38.2 Å². The zero-order chi connectivity index (χ0) is 17.3. The largest absolute Gasteiger partial charge is 0.459 e. The van der Waals surface area contributed by atoms with E-state index in [4.69, 9.17) is 16.3 Å². The molecule has 1 saturated heterocycles. The van der Waals surface area contributed by atoms with Crippen LogP contribution in [-0.4, -0.2) is 28.7 Å². The van der Waals surface area contributed by atoms with Crippen molar-refractivity contribution in [3.63, 3.8) is 0 Å². The maximum Gasteiger partial charge on any atom is 0.329 e. The van der Waals surface area contributed by atoms with E-state index in [1.54, 1.807) is 31.2 Å². The molecule has 0 radical (unpaired) electrons. The molecule has 0 aromatic heterocycles. The number of likely N-dealkylation sites (tertiary alicyclic amines) is 1. The number of fused-ring (bicyclic) bond motifs is 1. The molecule has 3 rings (SSSR count). The number of carbonyl (C=O) groups is 3. The average Bonchev–Trinajstić information content (AvgIpc) is 2.84. The van der Waals surface area contributed by atoms with Crippen LogP contribution in [0.4, 0.5) is 0 Å². The van der Waals surface area contributed by atoms with Crippen LogP contribution < -0.4 is 0 Å². The minimum Gasteiger partial charge on any atom is -0.459 e. The van der Waals surface area contributed by atoms with E-state index < -0.39 is 12.0 Å². The molecule has 1 saturated carbocycles. The Bertz CT molecular complexity index is 651. The normalized spacial score (nSPS) is 24.7. The van der Waals surface area contributed by atoms with Gasteiger partial charge in [0, 0.05) is 5.02 Å². The zero-order valence-electron chi connectivity index (χ0n) is 13.5. The van der Waals surface area contributed by atoms with E-state index in [0.717, 1.165) is 36.1 Å². The van der Waals surface area contributed by atoms with E-state index in [2.05, 4.69) is 0 Å². The average molecular weight is 350 g/mol. The molecule has 2 aliphatic rings. The van der Waals surface area contributed by atoms with Crippen molar-refractivity contribution >= 4 is 29.4 Å². The van der Waals surface area contributed by atoms with E-state index in [9.17, 15) is 14.4 Å². The van der Waals surface area contributed by atoms with Gasteiger partial charge in [0.25, 0.3) is 0 Å². The zero-order valence-corrected chi connectivity index (χ0v) is 14.3. The number of benzene rings is 1. The van der Waals surface area contributed by atoms with E-state index in [-0.39, 0.29) is 30.3 Å². The lowest BCUT2D eigenvalue weighted by Crippen LogP contribution is -2.44. The molecule has 1 aliphatic heterocycles. The molecule has 0 bridgehead atoms. The van der Waals surface area contributed by atoms with Gasteiger partial charge < -0.3 is 4.74 Å². The summed E-state index contributed by atoms with van der Waals surface area (Å²) < 4.78 is 5.26. The van der Waals surface area contributed by atoms with Crippen molar-refractivity contribution in [1.82, 2.24) is 4.90 Å². The quantitative estimate of drug-likeness (QED) is 0.619. The minimum atomic E-state index is -0.894. The van der Waals surface area contributed by atoms with E-state index >= 15 is 0 Å². The van der Waals surface area contributed by atoms with Crippen molar-refractivity contribution in [3.8, 4) is 0 Å². The van der Waals surface area contributed by atoms with Crippen LogP contribution in [-0.2, 0) is 25.7 Å². The van der Waals surface area contributed by atoms with Gasteiger partial charge in [0.05, 0.1) is 11.8 Å². The van der Waals surface area contributed by atoms with Crippen LogP contribution in [0.3, 0.4) is 0 Å². The molecule has 5 nitrogen and oxygen atoms in total. The van der Waals surface area contributed by atoms with Crippen molar-refractivity contribution in [2.45, 2.75) is 45.3 Å². The predicted octanol–water partition coefficient (Wildman–Crippen LogP) is 2.95. The number of rotatable bonds is 4. The number of imide groups is 1. The number of amides is 2. The van der Waals surface area contributed by atoms with Gasteiger partial charge in [-0.15, -0.1) is 0 Å². The van der Waals surface area contributed by atoms with Gasteiger partial charge in [0.2, 0.25) is 11.8 Å². The number of nitrogens with zero attached hydrogens (tertiary/aromatic N) is 1. The fraction of sp³-hybridized carbons (Fsp3) is 0.500. The molecule has 1 heterocycles. The number of carbonyl (C=O) groups excluding carboxylic acids is 3. The molecule has 2 unspecified atom stereocenters. The monoisotopic (exact) mass is 349 g/mol. The molecular formula is C18H20ClNO4. The third kappa shape index (κ3) is 3.18. The van der Waals surface area contributed by atoms with Crippen molar-refractivity contribution in [3.05, 3.63) is 34.9 Å². The Morgan fingerprint density at radius 2 is 1.88 bits per heavy atom. The highest BCUT2D eigenvalue weighted by Gasteiger charge is 2.51. The van der Waals surface area contributed by atoms with Crippen LogP contribution in [0.15, 0.2) is 24.3 Å². The summed E-state index contributed by atoms with van der Waals surface area (Å²) in [6, 6.07) is 6.12. The first-order chi connectivity index (χ1) is 11.5. The van der Waals surface area contributed by atoms with Crippen molar-refractivity contribution < 1.29 is 19.1 Å². The minimum absolute atomic E-state index is 0.0623. The van der Waals surface area contributed by atoms with E-state index in [0.29, 0.717) is 5.02 Å². The molecule has 2 amide bonds. The second-order valence-electron chi connectivity index (χ2n) is 6.46. The molecule has 1 aromatic rings. The third-order valence-corrected chi connectivity index (χ3v) is 5.11. The lowest BCUT2D eigenvalue weighted by Gasteiger charge is -2.21. The van der Waals surface area contributed by atoms with Gasteiger partial charge in [-0.3, -0.25) is 14.5 Å². The first-order valence-corrected chi connectivity index (χ1v) is 8.65. The maximum atomic E-state index is 12.5. The molecule has 24 heavy (non-hydrogen) atoms. The van der Waals surface area contributed by atoms with Gasteiger partial charge >= 0.3 is 5.97 Å². The molecule has 1 aromatic carbocycles. The van der Waals surface area contributed by atoms with Gasteiger partial charge in [0.1, 0.15) is 12.6 Å². The number of ether oxygens (including phenoxy) is 1. The van der Waals surface area contributed by atoms with Crippen molar-refractivity contribution in [1.29, 1.82) is 0 Å². The van der Waals surface area contributed by atoms with Gasteiger partial charge in [-0.05, 0) is 37.5 Å². The Hall–Kier alpha value is -1.88. The highest BCUT2D eigenvalue weighted by Crippen LogP contribution is 2.38.